The van der Waals surface area contributed by atoms with Crippen molar-refractivity contribution in [3.63, 3.8) is 0 Å². The zero-order valence-corrected chi connectivity index (χ0v) is 12.2. The number of rotatable bonds is 6. The quantitative estimate of drug-likeness (QED) is 0.632. The van der Waals surface area contributed by atoms with Crippen molar-refractivity contribution in [3.8, 4) is 0 Å². The summed E-state index contributed by atoms with van der Waals surface area (Å²) < 4.78 is 4.88. The van der Waals surface area contributed by atoms with Crippen LogP contribution in [0.25, 0.3) is 10.9 Å². The van der Waals surface area contributed by atoms with Gasteiger partial charge in [-0.2, -0.15) is 0 Å². The number of aromatic amines is 1. The van der Waals surface area contributed by atoms with Gasteiger partial charge >= 0.3 is 11.9 Å². The van der Waals surface area contributed by atoms with Crippen LogP contribution < -0.4 is 0 Å². The number of carbonyl (C=O) groups excluding carboxylic acids is 1. The van der Waals surface area contributed by atoms with E-state index in [9.17, 15) is 14.7 Å². The first-order chi connectivity index (χ1) is 9.99. The first-order valence-corrected chi connectivity index (χ1v) is 6.97. The molecule has 2 rings (SSSR count). The minimum absolute atomic E-state index is 0.259. The van der Waals surface area contributed by atoms with E-state index in [2.05, 4.69) is 4.98 Å². The number of H-pyrrole nitrogens is 1. The number of hydrogen-bond donors (Lipinski definition) is 2. The summed E-state index contributed by atoms with van der Waals surface area (Å²) in [4.78, 5) is 25.0. The number of nitrogens with one attached hydrogen (secondary N) is 1. The summed E-state index contributed by atoms with van der Waals surface area (Å²) >= 11 is 0. The van der Waals surface area contributed by atoms with Gasteiger partial charge in [-0.15, -0.1) is 0 Å². The third kappa shape index (κ3) is 3.62. The fourth-order valence-corrected chi connectivity index (χ4v) is 2.45. The smallest absolute Gasteiger partial charge is 0.338 e. The van der Waals surface area contributed by atoms with Crippen LogP contribution in [0.4, 0.5) is 0 Å². The van der Waals surface area contributed by atoms with Gasteiger partial charge < -0.3 is 14.8 Å². The average Bonchev–Trinajstić information content (AvgIpc) is 2.73. The molecule has 0 aliphatic rings. The Kier molecular flexibility index (Phi) is 4.62. The Hall–Kier alpha value is -2.30. The minimum atomic E-state index is -0.911. The maximum atomic E-state index is 11.3. The number of carboxylic acid groups (broad SMARTS) is 1. The summed E-state index contributed by atoms with van der Waals surface area (Å²) in [5.41, 5.74) is 2.94. The van der Waals surface area contributed by atoms with Crippen LogP contribution >= 0.6 is 0 Å². The molecule has 0 spiro atoms. The molecule has 2 aromatic rings. The van der Waals surface area contributed by atoms with Crippen LogP contribution in [-0.4, -0.2) is 28.6 Å². The van der Waals surface area contributed by atoms with Gasteiger partial charge in [0.25, 0.3) is 0 Å². The lowest BCUT2D eigenvalue weighted by Crippen LogP contribution is -2.01. The molecule has 0 amide bonds. The minimum Gasteiger partial charge on any atom is -0.478 e. The van der Waals surface area contributed by atoms with Crippen LogP contribution in [-0.2, 0) is 16.0 Å². The molecule has 5 nitrogen and oxygen atoms in total. The van der Waals surface area contributed by atoms with Gasteiger partial charge in [-0.1, -0.05) is 6.07 Å². The van der Waals surface area contributed by atoms with Gasteiger partial charge in [0.15, 0.2) is 0 Å². The molecule has 0 aliphatic carbocycles. The topological polar surface area (TPSA) is 79.4 Å². The molecular formula is C16H19NO4. The molecule has 2 N–H and O–H groups in total. The predicted molar refractivity (Wildman–Crippen MR) is 79.6 cm³/mol. The predicted octanol–water partition coefficient (Wildman–Crippen LogP) is 3.06. The van der Waals surface area contributed by atoms with Crippen molar-refractivity contribution in [1.29, 1.82) is 0 Å². The van der Waals surface area contributed by atoms with Gasteiger partial charge in [-0.25, -0.2) is 4.79 Å². The highest BCUT2D eigenvalue weighted by Gasteiger charge is 2.14. The highest BCUT2D eigenvalue weighted by Crippen LogP contribution is 2.24. The number of aryl methyl sites for hydroxylation is 2. The first-order valence-electron chi connectivity index (χ1n) is 6.97. The average molecular weight is 289 g/mol. The van der Waals surface area contributed by atoms with E-state index in [-0.39, 0.29) is 5.97 Å². The summed E-state index contributed by atoms with van der Waals surface area (Å²) in [5, 5.41) is 10.0. The molecular weight excluding hydrogens is 270 g/mol. The summed E-state index contributed by atoms with van der Waals surface area (Å²) in [6.07, 6.45) is 2.53. The molecule has 1 heterocycles. The molecule has 0 radical (unpaired) electrons. The van der Waals surface area contributed by atoms with E-state index in [1.807, 2.05) is 18.2 Å². The molecule has 0 saturated heterocycles. The second kappa shape index (κ2) is 6.43. The fourth-order valence-electron chi connectivity index (χ4n) is 2.45. The van der Waals surface area contributed by atoms with Crippen molar-refractivity contribution in [2.24, 2.45) is 0 Å². The zero-order chi connectivity index (χ0) is 15.4. The summed E-state index contributed by atoms with van der Waals surface area (Å²) in [6.45, 7) is 3.60. The number of carboxylic acids is 1. The van der Waals surface area contributed by atoms with Gasteiger partial charge in [-0.3, -0.25) is 4.79 Å². The molecule has 0 atom stereocenters. The lowest BCUT2D eigenvalue weighted by Gasteiger charge is -2.03. The van der Waals surface area contributed by atoms with Crippen LogP contribution in [0.15, 0.2) is 18.2 Å². The van der Waals surface area contributed by atoms with E-state index in [0.29, 0.717) is 17.9 Å². The molecule has 112 valence electrons. The van der Waals surface area contributed by atoms with Gasteiger partial charge in [0.05, 0.1) is 12.2 Å². The Balaban J connectivity index is 2.06. The number of aromatic nitrogens is 1. The number of esters is 1. The zero-order valence-electron chi connectivity index (χ0n) is 12.2. The van der Waals surface area contributed by atoms with Crippen molar-refractivity contribution in [2.45, 2.75) is 33.1 Å². The Labute approximate surface area is 122 Å². The summed E-state index contributed by atoms with van der Waals surface area (Å²) in [5.74, 6) is -1.17. The van der Waals surface area contributed by atoms with Crippen LogP contribution in [0.1, 0.15) is 41.4 Å². The van der Waals surface area contributed by atoms with Crippen LogP contribution in [0.5, 0.6) is 0 Å². The van der Waals surface area contributed by atoms with E-state index in [4.69, 9.17) is 4.74 Å². The highest BCUT2D eigenvalue weighted by atomic mass is 16.5. The largest absolute Gasteiger partial charge is 0.478 e. The van der Waals surface area contributed by atoms with E-state index < -0.39 is 5.97 Å². The first kappa shape index (κ1) is 15.1. The maximum Gasteiger partial charge on any atom is 0.338 e. The second-order valence-corrected chi connectivity index (χ2v) is 5.11. The van der Waals surface area contributed by atoms with Crippen molar-refractivity contribution in [3.05, 3.63) is 35.0 Å². The highest BCUT2D eigenvalue weighted by molar-refractivity contribution is 6.04. The van der Waals surface area contributed by atoms with E-state index in [0.717, 1.165) is 35.7 Å². The third-order valence-electron chi connectivity index (χ3n) is 3.43. The molecule has 0 unspecified atom stereocenters. The Morgan fingerprint density at radius 1 is 1.29 bits per heavy atom. The molecule has 0 saturated carbocycles. The standard InChI is InChI=1S/C16H19NO4/c1-10-15(16(19)20)13-9-12(6-7-14(13)17-10)5-3-4-8-21-11(2)18/h6-7,9,17H,3-5,8H2,1-2H3,(H,19,20). The van der Waals surface area contributed by atoms with Crippen LogP contribution in [0.2, 0.25) is 0 Å². The number of fused-ring (bicyclic) bond motifs is 1. The van der Waals surface area contributed by atoms with Crippen molar-refractivity contribution in [2.75, 3.05) is 6.61 Å². The summed E-state index contributed by atoms with van der Waals surface area (Å²) in [6, 6.07) is 5.83. The van der Waals surface area contributed by atoms with E-state index in [1.54, 1.807) is 6.92 Å². The number of hydrogen-bond acceptors (Lipinski definition) is 3. The Morgan fingerprint density at radius 2 is 2.05 bits per heavy atom. The number of carbonyl (C=O) groups is 2. The SMILES string of the molecule is CC(=O)OCCCCc1ccc2[nH]c(C)c(C(=O)O)c2c1. The lowest BCUT2D eigenvalue weighted by molar-refractivity contribution is -0.141. The van der Waals surface area contributed by atoms with Crippen molar-refractivity contribution in [1.82, 2.24) is 4.98 Å². The van der Waals surface area contributed by atoms with Crippen LogP contribution in [0, 0.1) is 6.92 Å². The Bertz CT molecular complexity index is 672. The second-order valence-electron chi connectivity index (χ2n) is 5.11. The number of ether oxygens (including phenoxy) is 1. The number of aromatic carboxylic acids is 1. The van der Waals surface area contributed by atoms with Gasteiger partial charge in [0, 0.05) is 23.5 Å². The monoisotopic (exact) mass is 289 g/mol. The fraction of sp³-hybridized carbons (Fsp3) is 0.375. The summed E-state index contributed by atoms with van der Waals surface area (Å²) in [7, 11) is 0. The lowest BCUT2D eigenvalue weighted by atomic mass is 10.0. The van der Waals surface area contributed by atoms with Crippen molar-refractivity contribution >= 4 is 22.8 Å². The van der Waals surface area contributed by atoms with E-state index >= 15 is 0 Å². The molecule has 0 fully saturated rings. The normalized spacial score (nSPS) is 10.8. The number of unbranched alkanes of at least 4 members (excludes halogenated alkanes) is 1. The maximum absolute atomic E-state index is 11.3. The van der Waals surface area contributed by atoms with Gasteiger partial charge in [0.1, 0.15) is 0 Å². The molecule has 1 aromatic carbocycles. The Morgan fingerprint density at radius 3 is 2.71 bits per heavy atom. The third-order valence-corrected chi connectivity index (χ3v) is 3.43. The molecule has 5 heteroatoms. The number of benzene rings is 1. The van der Waals surface area contributed by atoms with Gasteiger partial charge in [0.2, 0.25) is 0 Å². The van der Waals surface area contributed by atoms with Crippen LogP contribution in [0.3, 0.4) is 0 Å². The molecule has 0 bridgehead atoms. The van der Waals surface area contributed by atoms with E-state index in [1.165, 1.54) is 6.92 Å². The molecule has 21 heavy (non-hydrogen) atoms. The molecule has 0 aliphatic heterocycles. The van der Waals surface area contributed by atoms with Gasteiger partial charge in [-0.05, 0) is 43.9 Å². The molecule has 1 aromatic heterocycles. The van der Waals surface area contributed by atoms with Crippen molar-refractivity contribution < 1.29 is 19.4 Å².